The zero-order valence-electron chi connectivity index (χ0n) is 10.6. The van der Waals surface area contributed by atoms with Crippen LogP contribution in [0.1, 0.15) is 51.9 Å². The monoisotopic (exact) mass is 227 g/mol. The molecule has 16 heavy (non-hydrogen) atoms. The molecule has 3 nitrogen and oxygen atoms in total. The summed E-state index contributed by atoms with van der Waals surface area (Å²) in [5, 5.41) is 3.31. The summed E-state index contributed by atoms with van der Waals surface area (Å²) >= 11 is 0. The molecule has 0 heterocycles. The lowest BCUT2D eigenvalue weighted by Crippen LogP contribution is -2.38. The van der Waals surface area contributed by atoms with Gasteiger partial charge in [0.2, 0.25) is 0 Å². The summed E-state index contributed by atoms with van der Waals surface area (Å²) < 4.78 is 4.80. The van der Waals surface area contributed by atoms with E-state index in [1.54, 1.807) is 0 Å². The Balaban J connectivity index is 2.11. The fraction of sp³-hybridized carbons (Fsp3) is 0.923. The summed E-state index contributed by atoms with van der Waals surface area (Å²) in [6.07, 6.45) is 8.42. The molecule has 1 aliphatic carbocycles. The molecule has 0 aromatic rings. The van der Waals surface area contributed by atoms with Crippen molar-refractivity contribution in [1.82, 2.24) is 5.32 Å². The third kappa shape index (κ3) is 5.50. The minimum atomic E-state index is -0.111. The van der Waals surface area contributed by atoms with Gasteiger partial charge < -0.3 is 10.1 Å². The van der Waals surface area contributed by atoms with Gasteiger partial charge in [0.05, 0.1) is 7.11 Å². The lowest BCUT2D eigenvalue weighted by atomic mass is 10.1. The summed E-state index contributed by atoms with van der Waals surface area (Å²) in [7, 11) is 1.47. The highest BCUT2D eigenvalue weighted by atomic mass is 16.5. The average molecular weight is 227 g/mol. The molecule has 0 aromatic heterocycles. The maximum Gasteiger partial charge on any atom is 0.322 e. The summed E-state index contributed by atoms with van der Waals surface area (Å²) in [5.41, 5.74) is 0. The maximum atomic E-state index is 11.5. The first-order valence-corrected chi connectivity index (χ1v) is 6.59. The van der Waals surface area contributed by atoms with Gasteiger partial charge in [0.1, 0.15) is 6.04 Å². The van der Waals surface area contributed by atoms with Crippen LogP contribution in [0.4, 0.5) is 0 Å². The molecule has 0 amide bonds. The Labute approximate surface area is 98.9 Å². The second-order valence-corrected chi connectivity index (χ2v) is 4.76. The number of ether oxygens (including phenoxy) is 1. The van der Waals surface area contributed by atoms with E-state index in [9.17, 15) is 4.79 Å². The zero-order valence-corrected chi connectivity index (χ0v) is 10.6. The summed E-state index contributed by atoms with van der Waals surface area (Å²) in [4.78, 5) is 11.5. The van der Waals surface area contributed by atoms with Crippen molar-refractivity contribution >= 4 is 5.97 Å². The first-order valence-electron chi connectivity index (χ1n) is 6.59. The fourth-order valence-electron chi connectivity index (χ4n) is 1.93. The van der Waals surface area contributed by atoms with Crippen LogP contribution >= 0.6 is 0 Å². The van der Waals surface area contributed by atoms with Gasteiger partial charge in [0, 0.05) is 0 Å². The number of methoxy groups -OCH3 is 1. The quantitative estimate of drug-likeness (QED) is 0.486. The highest BCUT2D eigenvalue weighted by Crippen LogP contribution is 2.33. The summed E-state index contributed by atoms with van der Waals surface area (Å²) in [6.45, 7) is 3.08. The maximum absolute atomic E-state index is 11.5. The van der Waals surface area contributed by atoms with Gasteiger partial charge in [-0.2, -0.15) is 0 Å². The van der Waals surface area contributed by atoms with Crippen LogP contribution in [0.5, 0.6) is 0 Å². The van der Waals surface area contributed by atoms with Crippen LogP contribution in [0, 0.1) is 5.92 Å². The van der Waals surface area contributed by atoms with Crippen molar-refractivity contribution < 1.29 is 9.53 Å². The van der Waals surface area contributed by atoms with Crippen LogP contribution in [0.25, 0.3) is 0 Å². The number of rotatable bonds is 9. The van der Waals surface area contributed by atoms with Crippen LogP contribution in [0.15, 0.2) is 0 Å². The van der Waals surface area contributed by atoms with Crippen LogP contribution in [0.2, 0.25) is 0 Å². The van der Waals surface area contributed by atoms with E-state index in [-0.39, 0.29) is 12.0 Å². The SMILES string of the molecule is CCCCC(NCCCC1CC1)C(=O)OC. The van der Waals surface area contributed by atoms with Crippen molar-refractivity contribution in [3.8, 4) is 0 Å². The van der Waals surface area contributed by atoms with Gasteiger partial charge in [-0.05, 0) is 31.7 Å². The molecule has 1 N–H and O–H groups in total. The van der Waals surface area contributed by atoms with Crippen molar-refractivity contribution in [2.45, 2.75) is 57.9 Å². The zero-order chi connectivity index (χ0) is 11.8. The van der Waals surface area contributed by atoms with E-state index in [0.717, 1.165) is 31.7 Å². The third-order valence-corrected chi connectivity index (χ3v) is 3.21. The molecule has 0 bridgehead atoms. The van der Waals surface area contributed by atoms with Crippen molar-refractivity contribution in [3.63, 3.8) is 0 Å². The van der Waals surface area contributed by atoms with Crippen LogP contribution < -0.4 is 5.32 Å². The van der Waals surface area contributed by atoms with E-state index >= 15 is 0 Å². The molecule has 1 rings (SSSR count). The minimum Gasteiger partial charge on any atom is -0.468 e. The average Bonchev–Trinajstić information content (AvgIpc) is 3.11. The number of carbonyl (C=O) groups is 1. The number of hydrogen-bond acceptors (Lipinski definition) is 3. The van der Waals surface area contributed by atoms with Crippen molar-refractivity contribution in [2.24, 2.45) is 5.92 Å². The van der Waals surface area contributed by atoms with Gasteiger partial charge in [-0.15, -0.1) is 0 Å². The topological polar surface area (TPSA) is 38.3 Å². The van der Waals surface area contributed by atoms with Crippen molar-refractivity contribution in [3.05, 3.63) is 0 Å². The molecule has 1 atom stereocenters. The molecule has 1 unspecified atom stereocenters. The molecule has 0 aliphatic heterocycles. The number of nitrogens with one attached hydrogen (secondary N) is 1. The van der Waals surface area contributed by atoms with E-state index in [1.807, 2.05) is 0 Å². The van der Waals surface area contributed by atoms with E-state index in [1.165, 1.54) is 32.8 Å². The van der Waals surface area contributed by atoms with Gasteiger partial charge in [-0.3, -0.25) is 4.79 Å². The van der Waals surface area contributed by atoms with Gasteiger partial charge in [-0.1, -0.05) is 32.6 Å². The Morgan fingerprint density at radius 2 is 2.19 bits per heavy atom. The summed E-state index contributed by atoms with van der Waals surface area (Å²) in [6, 6.07) is -0.0934. The molecule has 0 spiro atoms. The second-order valence-electron chi connectivity index (χ2n) is 4.76. The lowest BCUT2D eigenvalue weighted by Gasteiger charge is -2.15. The Hall–Kier alpha value is -0.570. The van der Waals surface area contributed by atoms with Crippen LogP contribution in [0.3, 0.4) is 0 Å². The minimum absolute atomic E-state index is 0.0934. The molecule has 0 aromatic carbocycles. The molecule has 1 aliphatic rings. The molecule has 1 saturated carbocycles. The van der Waals surface area contributed by atoms with Gasteiger partial charge in [0.15, 0.2) is 0 Å². The van der Waals surface area contributed by atoms with Gasteiger partial charge in [-0.25, -0.2) is 0 Å². The largest absolute Gasteiger partial charge is 0.468 e. The molecular weight excluding hydrogens is 202 g/mol. The van der Waals surface area contributed by atoms with Gasteiger partial charge >= 0.3 is 5.97 Å². The highest BCUT2D eigenvalue weighted by Gasteiger charge is 2.21. The number of unbranched alkanes of at least 4 members (excludes halogenated alkanes) is 1. The number of hydrogen-bond donors (Lipinski definition) is 1. The summed E-state index contributed by atoms with van der Waals surface area (Å²) in [5.74, 6) is 0.869. The smallest absolute Gasteiger partial charge is 0.322 e. The number of carbonyl (C=O) groups excluding carboxylic acids is 1. The molecule has 0 radical (unpaired) electrons. The molecule has 1 fully saturated rings. The van der Waals surface area contributed by atoms with Crippen molar-refractivity contribution in [2.75, 3.05) is 13.7 Å². The first kappa shape index (κ1) is 13.5. The van der Waals surface area contributed by atoms with Gasteiger partial charge in [0.25, 0.3) is 0 Å². The fourth-order valence-corrected chi connectivity index (χ4v) is 1.93. The number of esters is 1. The van der Waals surface area contributed by atoms with E-state index < -0.39 is 0 Å². The molecular formula is C13H25NO2. The molecule has 3 heteroatoms. The predicted molar refractivity (Wildman–Crippen MR) is 65.3 cm³/mol. The standard InChI is InChI=1S/C13H25NO2/c1-3-4-7-12(13(15)16-2)14-10-5-6-11-8-9-11/h11-12,14H,3-10H2,1-2H3. The molecule has 94 valence electrons. The van der Waals surface area contributed by atoms with E-state index in [4.69, 9.17) is 4.74 Å². The molecule has 0 saturated heterocycles. The highest BCUT2D eigenvalue weighted by molar-refractivity contribution is 5.75. The van der Waals surface area contributed by atoms with E-state index in [2.05, 4.69) is 12.2 Å². The normalized spacial score (nSPS) is 17.1. The van der Waals surface area contributed by atoms with Crippen molar-refractivity contribution in [1.29, 1.82) is 0 Å². The Kier molecular flexibility index (Phi) is 6.46. The Bertz CT molecular complexity index is 202. The van der Waals surface area contributed by atoms with Crippen LogP contribution in [-0.4, -0.2) is 25.7 Å². The third-order valence-electron chi connectivity index (χ3n) is 3.21. The lowest BCUT2D eigenvalue weighted by molar-refractivity contribution is -0.143. The Morgan fingerprint density at radius 1 is 1.44 bits per heavy atom. The second kappa shape index (κ2) is 7.66. The Morgan fingerprint density at radius 3 is 2.75 bits per heavy atom. The predicted octanol–water partition coefficient (Wildman–Crippen LogP) is 2.50. The first-order chi connectivity index (χ1) is 7.77. The van der Waals surface area contributed by atoms with Crippen LogP contribution in [-0.2, 0) is 9.53 Å². The van der Waals surface area contributed by atoms with E-state index in [0.29, 0.717) is 0 Å².